The van der Waals surface area contributed by atoms with Crippen molar-refractivity contribution in [3.8, 4) is 11.5 Å². The van der Waals surface area contributed by atoms with Gasteiger partial charge in [0.1, 0.15) is 35.5 Å². The Balaban J connectivity index is 1.29. The minimum absolute atomic E-state index is 0.274. The maximum atomic E-state index is 15.4. The SMILES string of the molecule is Cc1c(Oc2ccn3ncnc3c2)ccc(Nc2ncnc3ccc(N4CCNC(C)C4)nc23)c1F. The van der Waals surface area contributed by atoms with Crippen LogP contribution in [0.25, 0.3) is 16.7 Å². The van der Waals surface area contributed by atoms with Gasteiger partial charge in [0, 0.05) is 43.5 Å². The highest BCUT2D eigenvalue weighted by Gasteiger charge is 2.19. The normalized spacial score (nSPS) is 16.0. The Kier molecular flexibility index (Phi) is 5.53. The minimum atomic E-state index is -0.435. The zero-order valence-electron chi connectivity index (χ0n) is 19.8. The lowest BCUT2D eigenvalue weighted by molar-refractivity contribution is 0.471. The summed E-state index contributed by atoms with van der Waals surface area (Å²) in [6.07, 6.45) is 4.65. The van der Waals surface area contributed by atoms with Crippen molar-refractivity contribution >= 4 is 34.0 Å². The fraction of sp³-hybridized carbons (Fsp3) is 0.240. The van der Waals surface area contributed by atoms with E-state index >= 15 is 4.39 Å². The summed E-state index contributed by atoms with van der Waals surface area (Å²) >= 11 is 0. The third kappa shape index (κ3) is 4.13. The molecule has 0 bridgehead atoms. The highest BCUT2D eigenvalue weighted by atomic mass is 19.1. The van der Waals surface area contributed by atoms with Gasteiger partial charge >= 0.3 is 0 Å². The summed E-state index contributed by atoms with van der Waals surface area (Å²) in [5.41, 5.74) is 2.54. The standard InChI is InChI=1S/C25H24FN9O/c1-15-12-34(10-8-27-15)21-6-4-19-24(33-21)25(30-13-28-19)32-18-3-5-20(16(2)23(18)26)36-17-7-9-35-22(11-17)29-14-31-35/h3-7,9,11,13-15,27H,8,10,12H2,1-2H3,(H,28,30,32). The van der Waals surface area contributed by atoms with Crippen molar-refractivity contribution in [2.45, 2.75) is 19.9 Å². The molecule has 1 atom stereocenters. The number of nitrogens with one attached hydrogen (secondary N) is 2. The van der Waals surface area contributed by atoms with Crippen molar-refractivity contribution in [2.24, 2.45) is 0 Å². The monoisotopic (exact) mass is 485 g/mol. The molecule has 1 unspecified atom stereocenters. The number of ether oxygens (including phenoxy) is 1. The number of fused-ring (bicyclic) bond motifs is 2. The van der Waals surface area contributed by atoms with Crippen LogP contribution in [0.4, 0.5) is 21.7 Å². The summed E-state index contributed by atoms with van der Waals surface area (Å²) < 4.78 is 23.0. The Hall–Kier alpha value is -4.38. The molecule has 0 amide bonds. The first-order valence-corrected chi connectivity index (χ1v) is 11.7. The predicted octanol–water partition coefficient (Wildman–Crippen LogP) is 3.85. The molecule has 1 fully saturated rings. The molecule has 1 aliphatic heterocycles. The van der Waals surface area contributed by atoms with E-state index in [2.05, 4.69) is 42.5 Å². The van der Waals surface area contributed by atoms with Crippen LogP contribution < -0.4 is 20.3 Å². The Morgan fingerprint density at radius 3 is 2.92 bits per heavy atom. The van der Waals surface area contributed by atoms with Crippen LogP contribution >= 0.6 is 0 Å². The molecule has 4 aromatic heterocycles. The largest absolute Gasteiger partial charge is 0.457 e. The van der Waals surface area contributed by atoms with Crippen LogP contribution in [0.2, 0.25) is 0 Å². The third-order valence-electron chi connectivity index (χ3n) is 6.23. The van der Waals surface area contributed by atoms with E-state index in [1.807, 2.05) is 12.1 Å². The van der Waals surface area contributed by atoms with Gasteiger partial charge in [-0.1, -0.05) is 0 Å². The van der Waals surface area contributed by atoms with Gasteiger partial charge in [-0.3, -0.25) is 0 Å². The Morgan fingerprint density at radius 1 is 1.11 bits per heavy atom. The van der Waals surface area contributed by atoms with Crippen LogP contribution in [0.15, 0.2) is 55.2 Å². The highest BCUT2D eigenvalue weighted by Crippen LogP contribution is 2.33. The number of hydrogen-bond donors (Lipinski definition) is 2. The molecule has 2 N–H and O–H groups in total. The predicted molar refractivity (Wildman–Crippen MR) is 134 cm³/mol. The van der Waals surface area contributed by atoms with E-state index in [4.69, 9.17) is 9.72 Å². The molecule has 5 heterocycles. The molecule has 0 spiro atoms. The van der Waals surface area contributed by atoms with Crippen molar-refractivity contribution in [1.82, 2.24) is 34.9 Å². The molecule has 5 aromatic rings. The molecule has 36 heavy (non-hydrogen) atoms. The molecule has 182 valence electrons. The van der Waals surface area contributed by atoms with E-state index in [1.54, 1.807) is 41.9 Å². The van der Waals surface area contributed by atoms with Crippen LogP contribution in [0.1, 0.15) is 12.5 Å². The van der Waals surface area contributed by atoms with Gasteiger partial charge in [-0.2, -0.15) is 5.10 Å². The first-order chi connectivity index (χ1) is 17.5. The quantitative estimate of drug-likeness (QED) is 0.384. The third-order valence-corrected chi connectivity index (χ3v) is 6.23. The fourth-order valence-electron chi connectivity index (χ4n) is 4.33. The van der Waals surface area contributed by atoms with Gasteiger partial charge in [0.2, 0.25) is 0 Å². The molecule has 11 heteroatoms. The number of rotatable bonds is 5. The van der Waals surface area contributed by atoms with Crippen LogP contribution in [0.5, 0.6) is 11.5 Å². The van der Waals surface area contributed by atoms with Gasteiger partial charge in [-0.05, 0) is 44.2 Å². The number of anilines is 3. The van der Waals surface area contributed by atoms with Gasteiger partial charge in [-0.15, -0.1) is 0 Å². The smallest absolute Gasteiger partial charge is 0.160 e. The van der Waals surface area contributed by atoms with Gasteiger partial charge in [0.15, 0.2) is 17.3 Å². The fourth-order valence-corrected chi connectivity index (χ4v) is 4.33. The van der Waals surface area contributed by atoms with Crippen LogP contribution in [-0.2, 0) is 0 Å². The topological polar surface area (TPSA) is 105 Å². The second-order valence-corrected chi connectivity index (χ2v) is 8.76. The maximum absolute atomic E-state index is 15.4. The van der Waals surface area contributed by atoms with E-state index in [0.29, 0.717) is 45.6 Å². The minimum Gasteiger partial charge on any atom is -0.457 e. The number of aromatic nitrogens is 6. The van der Waals surface area contributed by atoms with E-state index < -0.39 is 5.82 Å². The summed E-state index contributed by atoms with van der Waals surface area (Å²) in [5.74, 6) is 1.80. The number of nitrogens with zero attached hydrogens (tertiary/aromatic N) is 7. The van der Waals surface area contributed by atoms with Crippen LogP contribution in [0, 0.1) is 12.7 Å². The molecule has 10 nitrogen and oxygen atoms in total. The van der Waals surface area contributed by atoms with Crippen molar-refractivity contribution in [2.75, 3.05) is 29.9 Å². The average Bonchev–Trinajstić information content (AvgIpc) is 3.36. The Bertz CT molecular complexity index is 1570. The number of piperazine rings is 1. The molecular formula is C25H24FN9O. The first-order valence-electron chi connectivity index (χ1n) is 11.7. The highest BCUT2D eigenvalue weighted by molar-refractivity contribution is 5.88. The number of pyridine rings is 2. The van der Waals surface area contributed by atoms with Crippen molar-refractivity contribution in [1.29, 1.82) is 0 Å². The lowest BCUT2D eigenvalue weighted by Gasteiger charge is -2.32. The zero-order valence-corrected chi connectivity index (χ0v) is 19.8. The maximum Gasteiger partial charge on any atom is 0.160 e. The van der Waals surface area contributed by atoms with Crippen molar-refractivity contribution < 1.29 is 9.13 Å². The average molecular weight is 486 g/mol. The van der Waals surface area contributed by atoms with Gasteiger partial charge in [0.05, 0.1) is 11.2 Å². The Labute approximate surface area is 206 Å². The summed E-state index contributed by atoms with van der Waals surface area (Å²) in [4.78, 5) is 19.9. The summed E-state index contributed by atoms with van der Waals surface area (Å²) in [5, 5.41) is 10.6. The number of halogens is 1. The van der Waals surface area contributed by atoms with Crippen molar-refractivity contribution in [3.05, 3.63) is 66.6 Å². The second-order valence-electron chi connectivity index (χ2n) is 8.76. The van der Waals surface area contributed by atoms with Gasteiger partial charge in [-0.25, -0.2) is 28.8 Å². The van der Waals surface area contributed by atoms with Gasteiger partial charge in [0.25, 0.3) is 0 Å². The Morgan fingerprint density at radius 2 is 2.03 bits per heavy atom. The number of hydrogen-bond acceptors (Lipinski definition) is 9. The van der Waals surface area contributed by atoms with Gasteiger partial charge < -0.3 is 20.3 Å². The molecule has 0 saturated carbocycles. The summed E-state index contributed by atoms with van der Waals surface area (Å²) in [6.45, 7) is 6.43. The molecule has 6 rings (SSSR count). The summed E-state index contributed by atoms with van der Waals surface area (Å²) in [7, 11) is 0. The molecule has 0 aliphatic carbocycles. The van der Waals surface area contributed by atoms with E-state index in [1.165, 1.54) is 12.7 Å². The first kappa shape index (κ1) is 22.1. The van der Waals surface area contributed by atoms with Crippen molar-refractivity contribution in [3.63, 3.8) is 0 Å². The van der Waals surface area contributed by atoms with E-state index in [9.17, 15) is 0 Å². The molecular weight excluding hydrogens is 461 g/mol. The molecule has 1 aliphatic rings. The zero-order chi connectivity index (χ0) is 24.6. The van der Waals surface area contributed by atoms with E-state index in [-0.39, 0.29) is 5.69 Å². The molecule has 1 aromatic carbocycles. The van der Waals surface area contributed by atoms with Crippen LogP contribution in [-0.4, -0.2) is 55.2 Å². The van der Waals surface area contributed by atoms with E-state index in [0.717, 1.165) is 25.5 Å². The second kappa shape index (κ2) is 9.00. The molecule has 0 radical (unpaired) electrons. The lowest BCUT2D eigenvalue weighted by Crippen LogP contribution is -2.49. The number of benzene rings is 1. The van der Waals surface area contributed by atoms with Crippen LogP contribution in [0.3, 0.4) is 0 Å². The summed E-state index contributed by atoms with van der Waals surface area (Å²) in [6, 6.07) is 11.1. The lowest BCUT2D eigenvalue weighted by atomic mass is 10.1. The molecule has 1 saturated heterocycles.